The minimum absolute atomic E-state index is 0.225. The van der Waals surface area contributed by atoms with Crippen LogP contribution in [0.1, 0.15) is 20.8 Å². The fourth-order valence-electron chi connectivity index (χ4n) is 2.12. The van der Waals surface area contributed by atoms with Gasteiger partial charge < -0.3 is 15.3 Å². The number of nitrogens with one attached hydrogen (secondary N) is 1. The first-order valence-electron chi connectivity index (χ1n) is 7.27. The summed E-state index contributed by atoms with van der Waals surface area (Å²) in [6, 6.07) is 9.05. The third-order valence-corrected chi connectivity index (χ3v) is 3.13. The van der Waals surface area contributed by atoms with Crippen molar-refractivity contribution in [2.24, 2.45) is 0 Å². The Bertz CT molecular complexity index is 600. The van der Waals surface area contributed by atoms with E-state index in [9.17, 15) is 9.90 Å². The normalized spacial score (nSPS) is 11.3. The van der Waals surface area contributed by atoms with Crippen molar-refractivity contribution < 1.29 is 9.90 Å². The van der Waals surface area contributed by atoms with Gasteiger partial charge >= 0.3 is 6.03 Å². The molecule has 1 heterocycles. The monoisotopic (exact) mass is 302 g/mol. The van der Waals surface area contributed by atoms with Crippen molar-refractivity contribution in [3.63, 3.8) is 0 Å². The number of likely N-dealkylation sites (N-methyl/N-ethyl adjacent to an activating group) is 1. The number of urea groups is 1. The van der Waals surface area contributed by atoms with Gasteiger partial charge in [-0.1, -0.05) is 0 Å². The maximum atomic E-state index is 12.2. The van der Waals surface area contributed by atoms with Crippen LogP contribution in [0.5, 0.6) is 0 Å². The van der Waals surface area contributed by atoms with Crippen LogP contribution in [-0.4, -0.2) is 44.5 Å². The van der Waals surface area contributed by atoms with Gasteiger partial charge in [0.2, 0.25) is 0 Å². The molecule has 6 nitrogen and oxygen atoms in total. The fraction of sp³-hybridized carbons (Fsp3) is 0.375. The largest absolute Gasteiger partial charge is 0.389 e. The zero-order valence-corrected chi connectivity index (χ0v) is 13.2. The summed E-state index contributed by atoms with van der Waals surface area (Å²) >= 11 is 0. The van der Waals surface area contributed by atoms with Gasteiger partial charge in [-0.25, -0.2) is 9.48 Å². The molecule has 0 spiro atoms. The minimum atomic E-state index is -0.919. The molecule has 0 fully saturated rings. The van der Waals surface area contributed by atoms with E-state index >= 15 is 0 Å². The molecule has 1 aromatic carbocycles. The Morgan fingerprint density at radius 2 is 2.05 bits per heavy atom. The molecular formula is C16H22N4O2. The number of hydrogen-bond acceptors (Lipinski definition) is 3. The van der Waals surface area contributed by atoms with E-state index in [0.29, 0.717) is 12.2 Å². The van der Waals surface area contributed by atoms with Gasteiger partial charge in [-0.3, -0.25) is 0 Å². The highest BCUT2D eigenvalue weighted by Gasteiger charge is 2.21. The quantitative estimate of drug-likeness (QED) is 0.891. The first-order valence-corrected chi connectivity index (χ1v) is 7.27. The standard InChI is InChI=1S/C16H22N4O2/c1-4-19(12-16(2,3)22)15(21)18-13-6-8-14(9-7-13)20-11-5-10-17-20/h5-11,22H,4,12H2,1-3H3,(H,18,21). The molecule has 2 aromatic rings. The molecule has 2 rings (SSSR count). The predicted molar refractivity (Wildman–Crippen MR) is 86.1 cm³/mol. The van der Waals surface area contributed by atoms with E-state index in [1.54, 1.807) is 29.6 Å². The Morgan fingerprint density at radius 3 is 2.55 bits per heavy atom. The Morgan fingerprint density at radius 1 is 1.36 bits per heavy atom. The second-order valence-corrected chi connectivity index (χ2v) is 5.75. The second-order valence-electron chi connectivity index (χ2n) is 5.75. The molecular weight excluding hydrogens is 280 g/mol. The van der Waals surface area contributed by atoms with Crippen LogP contribution in [-0.2, 0) is 0 Å². The Labute approximate surface area is 130 Å². The Kier molecular flexibility index (Phi) is 4.82. The summed E-state index contributed by atoms with van der Waals surface area (Å²) in [4.78, 5) is 13.8. The van der Waals surface area contributed by atoms with Gasteiger partial charge in [-0.05, 0) is 51.1 Å². The van der Waals surface area contributed by atoms with Crippen LogP contribution in [0.4, 0.5) is 10.5 Å². The van der Waals surface area contributed by atoms with Crippen LogP contribution in [0.15, 0.2) is 42.7 Å². The molecule has 6 heteroatoms. The van der Waals surface area contributed by atoms with Crippen molar-refractivity contribution in [2.75, 3.05) is 18.4 Å². The van der Waals surface area contributed by atoms with Crippen molar-refractivity contribution in [1.29, 1.82) is 0 Å². The molecule has 1 aromatic heterocycles. The smallest absolute Gasteiger partial charge is 0.321 e. The van der Waals surface area contributed by atoms with Gasteiger partial charge in [0.15, 0.2) is 0 Å². The molecule has 0 aliphatic carbocycles. The van der Waals surface area contributed by atoms with E-state index in [2.05, 4.69) is 10.4 Å². The van der Waals surface area contributed by atoms with Crippen molar-refractivity contribution >= 4 is 11.7 Å². The van der Waals surface area contributed by atoms with Crippen molar-refractivity contribution in [3.05, 3.63) is 42.7 Å². The van der Waals surface area contributed by atoms with E-state index in [-0.39, 0.29) is 12.6 Å². The second kappa shape index (κ2) is 6.62. The average Bonchev–Trinajstić information content (AvgIpc) is 2.98. The van der Waals surface area contributed by atoms with E-state index < -0.39 is 5.60 Å². The third kappa shape index (κ3) is 4.33. The molecule has 0 unspecified atom stereocenters. The summed E-state index contributed by atoms with van der Waals surface area (Å²) in [7, 11) is 0. The number of benzene rings is 1. The van der Waals surface area contributed by atoms with Gasteiger partial charge in [0.25, 0.3) is 0 Å². The summed E-state index contributed by atoms with van der Waals surface area (Å²) in [6.07, 6.45) is 3.57. The van der Waals surface area contributed by atoms with E-state index in [4.69, 9.17) is 0 Å². The highest BCUT2D eigenvalue weighted by atomic mass is 16.3. The van der Waals surface area contributed by atoms with Crippen LogP contribution in [0.2, 0.25) is 0 Å². The van der Waals surface area contributed by atoms with Gasteiger partial charge in [0.05, 0.1) is 17.8 Å². The first kappa shape index (κ1) is 16.0. The maximum absolute atomic E-state index is 12.2. The zero-order valence-electron chi connectivity index (χ0n) is 13.2. The molecule has 0 saturated carbocycles. The molecule has 0 atom stereocenters. The fourth-order valence-corrected chi connectivity index (χ4v) is 2.12. The number of nitrogens with zero attached hydrogens (tertiary/aromatic N) is 3. The molecule has 22 heavy (non-hydrogen) atoms. The van der Waals surface area contributed by atoms with Gasteiger partial charge in [0.1, 0.15) is 0 Å². The van der Waals surface area contributed by atoms with E-state index in [1.807, 2.05) is 43.5 Å². The van der Waals surface area contributed by atoms with Crippen LogP contribution in [0, 0.1) is 0 Å². The minimum Gasteiger partial charge on any atom is -0.389 e. The Hall–Kier alpha value is -2.34. The zero-order chi connectivity index (χ0) is 16.2. The summed E-state index contributed by atoms with van der Waals surface area (Å²) in [5.41, 5.74) is 0.707. The summed E-state index contributed by atoms with van der Waals surface area (Å²) in [5, 5.41) is 16.8. The van der Waals surface area contributed by atoms with Gasteiger partial charge in [-0.2, -0.15) is 5.10 Å². The maximum Gasteiger partial charge on any atom is 0.321 e. The predicted octanol–water partition coefficient (Wildman–Crippen LogP) is 2.50. The lowest BCUT2D eigenvalue weighted by Gasteiger charge is -2.28. The number of anilines is 1. The number of aliphatic hydroxyl groups is 1. The third-order valence-electron chi connectivity index (χ3n) is 3.13. The van der Waals surface area contributed by atoms with Crippen LogP contribution in [0.25, 0.3) is 5.69 Å². The SMILES string of the molecule is CCN(CC(C)(C)O)C(=O)Nc1ccc(-n2cccn2)cc1. The van der Waals surface area contributed by atoms with Crippen LogP contribution in [0.3, 0.4) is 0 Å². The molecule has 2 amide bonds. The summed E-state index contributed by atoms with van der Waals surface area (Å²) in [5.74, 6) is 0. The number of carbonyl (C=O) groups is 1. The van der Waals surface area contributed by atoms with Crippen LogP contribution >= 0.6 is 0 Å². The molecule has 0 saturated heterocycles. The molecule has 2 N–H and O–H groups in total. The summed E-state index contributed by atoms with van der Waals surface area (Å²) in [6.45, 7) is 6.05. The molecule has 0 bridgehead atoms. The van der Waals surface area contributed by atoms with Gasteiger partial charge in [0, 0.05) is 24.6 Å². The van der Waals surface area contributed by atoms with E-state index in [1.165, 1.54) is 0 Å². The molecule has 0 aliphatic rings. The lowest BCUT2D eigenvalue weighted by Crippen LogP contribution is -2.44. The number of carbonyl (C=O) groups excluding carboxylic acids is 1. The number of hydrogen-bond donors (Lipinski definition) is 2. The molecule has 0 aliphatic heterocycles. The van der Waals surface area contributed by atoms with Crippen LogP contribution < -0.4 is 5.32 Å². The lowest BCUT2D eigenvalue weighted by atomic mass is 10.1. The number of rotatable bonds is 5. The highest BCUT2D eigenvalue weighted by Crippen LogP contribution is 2.14. The lowest BCUT2D eigenvalue weighted by molar-refractivity contribution is 0.0501. The van der Waals surface area contributed by atoms with Gasteiger partial charge in [-0.15, -0.1) is 0 Å². The first-order chi connectivity index (χ1) is 10.4. The topological polar surface area (TPSA) is 70.4 Å². The number of amides is 2. The molecule has 0 radical (unpaired) electrons. The average molecular weight is 302 g/mol. The van der Waals surface area contributed by atoms with Crippen molar-refractivity contribution in [3.8, 4) is 5.69 Å². The van der Waals surface area contributed by atoms with Crippen molar-refractivity contribution in [2.45, 2.75) is 26.4 Å². The summed E-state index contributed by atoms with van der Waals surface area (Å²) < 4.78 is 1.75. The van der Waals surface area contributed by atoms with Crippen molar-refractivity contribution in [1.82, 2.24) is 14.7 Å². The Balaban J connectivity index is 2.02. The highest BCUT2D eigenvalue weighted by molar-refractivity contribution is 5.89. The van der Waals surface area contributed by atoms with E-state index in [0.717, 1.165) is 5.69 Å². The molecule has 118 valence electrons. The number of aromatic nitrogens is 2.